The molecule has 4 heteroatoms. The number of thiazole rings is 1. The fourth-order valence-corrected chi connectivity index (χ4v) is 3.14. The maximum absolute atomic E-state index is 5.57. The molecule has 1 saturated heterocycles. The summed E-state index contributed by atoms with van der Waals surface area (Å²) < 4.78 is 0. The van der Waals surface area contributed by atoms with Crippen LogP contribution in [0.2, 0.25) is 0 Å². The lowest BCUT2D eigenvalue weighted by atomic mass is 9.94. The van der Waals surface area contributed by atoms with E-state index in [-0.39, 0.29) is 0 Å². The highest BCUT2D eigenvalue weighted by molar-refractivity contribution is 7.09. The minimum atomic E-state index is 0.686. The molecule has 2 heterocycles. The number of aryl methyl sites for hydroxylation is 1. The Kier molecular flexibility index (Phi) is 4.32. The first-order valence-electron chi connectivity index (χ1n) is 6.20. The smallest absolute Gasteiger partial charge is 0.0925 e. The molecule has 0 spiro atoms. The molecule has 1 aliphatic heterocycles. The first-order valence-corrected chi connectivity index (χ1v) is 7.08. The van der Waals surface area contributed by atoms with Crippen molar-refractivity contribution in [3.63, 3.8) is 0 Å². The third-order valence-corrected chi connectivity index (χ3v) is 4.33. The Hall–Kier alpha value is -0.450. The van der Waals surface area contributed by atoms with Gasteiger partial charge in [-0.1, -0.05) is 6.92 Å². The fourth-order valence-electron chi connectivity index (χ4n) is 2.31. The predicted molar refractivity (Wildman–Crippen MR) is 69.0 cm³/mol. The molecule has 0 radical (unpaired) electrons. The van der Waals surface area contributed by atoms with Gasteiger partial charge < -0.3 is 10.6 Å². The molecule has 3 nitrogen and oxygen atoms in total. The topological polar surface area (TPSA) is 42.2 Å². The van der Waals surface area contributed by atoms with E-state index in [1.807, 2.05) is 11.3 Å². The van der Waals surface area contributed by atoms with Crippen molar-refractivity contribution in [3.8, 4) is 0 Å². The molecule has 1 aromatic heterocycles. The van der Waals surface area contributed by atoms with Gasteiger partial charge in [-0.3, -0.25) is 0 Å². The van der Waals surface area contributed by atoms with Gasteiger partial charge in [0, 0.05) is 24.4 Å². The monoisotopic (exact) mass is 239 g/mol. The molecule has 0 unspecified atom stereocenters. The number of piperidine rings is 1. The number of rotatable bonds is 4. The molecule has 0 bridgehead atoms. The minimum Gasteiger partial charge on any atom is -0.329 e. The molecular weight excluding hydrogens is 218 g/mol. The molecule has 1 aliphatic rings. The predicted octanol–water partition coefficient (Wildman–Crippen LogP) is 1.84. The van der Waals surface area contributed by atoms with Crippen LogP contribution in [0.5, 0.6) is 0 Å². The highest BCUT2D eigenvalue weighted by atomic mass is 32.1. The van der Waals surface area contributed by atoms with E-state index in [0.29, 0.717) is 5.92 Å². The summed E-state index contributed by atoms with van der Waals surface area (Å²) in [6, 6.07) is 0. The average molecular weight is 239 g/mol. The Morgan fingerprint density at radius 2 is 2.25 bits per heavy atom. The van der Waals surface area contributed by atoms with Crippen LogP contribution in [0, 0.1) is 0 Å². The summed E-state index contributed by atoms with van der Waals surface area (Å²) in [5.74, 6) is 0.686. The minimum absolute atomic E-state index is 0.686. The van der Waals surface area contributed by atoms with Crippen molar-refractivity contribution in [2.75, 3.05) is 26.2 Å². The molecule has 2 rings (SSSR count). The Labute approximate surface area is 102 Å². The lowest BCUT2D eigenvalue weighted by Gasteiger charge is -2.30. The van der Waals surface area contributed by atoms with E-state index in [1.54, 1.807) is 0 Å². The molecule has 2 N–H and O–H groups in total. The third kappa shape index (κ3) is 2.81. The Bertz CT molecular complexity index is 316. The van der Waals surface area contributed by atoms with Gasteiger partial charge in [0.2, 0.25) is 0 Å². The first kappa shape index (κ1) is 12.0. The van der Waals surface area contributed by atoms with Gasteiger partial charge in [-0.25, -0.2) is 4.98 Å². The molecule has 90 valence electrons. The van der Waals surface area contributed by atoms with Gasteiger partial charge in [-0.15, -0.1) is 11.3 Å². The number of likely N-dealkylation sites (tertiary alicyclic amines) is 1. The van der Waals surface area contributed by atoms with Crippen molar-refractivity contribution in [1.29, 1.82) is 0 Å². The van der Waals surface area contributed by atoms with Gasteiger partial charge >= 0.3 is 0 Å². The van der Waals surface area contributed by atoms with Crippen LogP contribution in [0.25, 0.3) is 0 Å². The van der Waals surface area contributed by atoms with Crippen molar-refractivity contribution < 1.29 is 0 Å². The molecule has 1 aromatic rings. The zero-order valence-corrected chi connectivity index (χ0v) is 10.8. The van der Waals surface area contributed by atoms with E-state index in [0.717, 1.165) is 19.5 Å². The van der Waals surface area contributed by atoms with Crippen LogP contribution in [0.3, 0.4) is 0 Å². The molecule has 0 saturated carbocycles. The maximum atomic E-state index is 5.57. The van der Waals surface area contributed by atoms with E-state index in [1.165, 1.54) is 36.6 Å². The molecule has 1 fully saturated rings. The number of aromatic nitrogens is 1. The molecule has 16 heavy (non-hydrogen) atoms. The van der Waals surface area contributed by atoms with Crippen LogP contribution in [0.1, 0.15) is 36.4 Å². The summed E-state index contributed by atoms with van der Waals surface area (Å²) in [6.45, 7) is 6.36. The highest BCUT2D eigenvalue weighted by Crippen LogP contribution is 2.28. The second-order valence-electron chi connectivity index (χ2n) is 4.42. The van der Waals surface area contributed by atoms with E-state index >= 15 is 0 Å². The molecule has 0 atom stereocenters. The summed E-state index contributed by atoms with van der Waals surface area (Å²) in [4.78, 5) is 7.16. The van der Waals surface area contributed by atoms with Gasteiger partial charge in [0.15, 0.2) is 0 Å². The van der Waals surface area contributed by atoms with Crippen LogP contribution >= 0.6 is 11.3 Å². The summed E-state index contributed by atoms with van der Waals surface area (Å²) in [7, 11) is 0. The van der Waals surface area contributed by atoms with Crippen LogP contribution in [0.4, 0.5) is 0 Å². The van der Waals surface area contributed by atoms with Gasteiger partial charge in [-0.2, -0.15) is 0 Å². The van der Waals surface area contributed by atoms with Crippen molar-refractivity contribution in [1.82, 2.24) is 9.88 Å². The number of hydrogen-bond donors (Lipinski definition) is 1. The summed E-state index contributed by atoms with van der Waals surface area (Å²) in [6.07, 6.45) is 3.55. The van der Waals surface area contributed by atoms with Crippen LogP contribution in [-0.2, 0) is 6.42 Å². The molecule has 0 amide bonds. The second kappa shape index (κ2) is 5.75. The fraction of sp³-hybridized carbons (Fsp3) is 0.750. The average Bonchev–Trinajstić information content (AvgIpc) is 2.79. The molecule has 0 aromatic carbocycles. The first-order chi connectivity index (χ1) is 7.83. The van der Waals surface area contributed by atoms with Gasteiger partial charge in [0.25, 0.3) is 0 Å². The van der Waals surface area contributed by atoms with E-state index in [9.17, 15) is 0 Å². The standard InChI is InChI=1S/C12H21N3S/c1-2-12-14-11(9-16-12)10-3-6-15(7-4-10)8-5-13/h9-10H,2-8,13H2,1H3. The zero-order chi connectivity index (χ0) is 11.4. The number of nitrogens with zero attached hydrogens (tertiary/aromatic N) is 2. The van der Waals surface area contributed by atoms with Crippen molar-refractivity contribution >= 4 is 11.3 Å². The number of nitrogens with two attached hydrogens (primary N) is 1. The van der Waals surface area contributed by atoms with Crippen LogP contribution < -0.4 is 5.73 Å². The molecule has 0 aliphatic carbocycles. The van der Waals surface area contributed by atoms with Crippen molar-refractivity contribution in [2.24, 2.45) is 5.73 Å². The summed E-state index contributed by atoms with van der Waals surface area (Å²) in [5, 5.41) is 3.53. The Morgan fingerprint density at radius 1 is 1.50 bits per heavy atom. The van der Waals surface area contributed by atoms with Crippen LogP contribution in [-0.4, -0.2) is 36.1 Å². The number of hydrogen-bond acceptors (Lipinski definition) is 4. The molecular formula is C12H21N3S. The largest absolute Gasteiger partial charge is 0.329 e. The highest BCUT2D eigenvalue weighted by Gasteiger charge is 2.21. The van der Waals surface area contributed by atoms with Crippen molar-refractivity contribution in [3.05, 3.63) is 16.1 Å². The normalized spacial score (nSPS) is 19.1. The van der Waals surface area contributed by atoms with Gasteiger partial charge in [0.05, 0.1) is 10.7 Å². The lowest BCUT2D eigenvalue weighted by Crippen LogP contribution is -2.36. The third-order valence-electron chi connectivity index (χ3n) is 3.32. The van der Waals surface area contributed by atoms with E-state index < -0.39 is 0 Å². The quantitative estimate of drug-likeness (QED) is 0.872. The maximum Gasteiger partial charge on any atom is 0.0925 e. The summed E-state index contributed by atoms with van der Waals surface area (Å²) in [5.41, 5.74) is 6.90. The Balaban J connectivity index is 1.88. The summed E-state index contributed by atoms with van der Waals surface area (Å²) >= 11 is 1.81. The van der Waals surface area contributed by atoms with E-state index in [2.05, 4.69) is 17.2 Å². The second-order valence-corrected chi connectivity index (χ2v) is 5.37. The SMILES string of the molecule is CCc1nc(C2CCN(CCN)CC2)cs1. The van der Waals surface area contributed by atoms with Crippen LogP contribution in [0.15, 0.2) is 5.38 Å². The lowest BCUT2D eigenvalue weighted by molar-refractivity contribution is 0.216. The van der Waals surface area contributed by atoms with Gasteiger partial charge in [0.1, 0.15) is 0 Å². The zero-order valence-electron chi connectivity index (χ0n) is 9.98. The Morgan fingerprint density at radius 3 is 2.81 bits per heavy atom. The van der Waals surface area contributed by atoms with Gasteiger partial charge in [-0.05, 0) is 32.4 Å². The van der Waals surface area contributed by atoms with Crippen molar-refractivity contribution in [2.45, 2.75) is 32.1 Å². The van der Waals surface area contributed by atoms with E-state index in [4.69, 9.17) is 10.7 Å².